The van der Waals surface area contributed by atoms with E-state index in [0.29, 0.717) is 6.54 Å². The van der Waals surface area contributed by atoms with E-state index in [4.69, 9.17) is 0 Å². The molecule has 7 nitrogen and oxygen atoms in total. The SMILES string of the molecule is CC(C1CC=CCN1)(P(=O)(O)O)P(=O)(O)O. The van der Waals surface area contributed by atoms with Gasteiger partial charge in [0.25, 0.3) is 0 Å². The minimum Gasteiger partial charge on any atom is -0.324 e. The van der Waals surface area contributed by atoms with E-state index >= 15 is 0 Å². The van der Waals surface area contributed by atoms with Gasteiger partial charge < -0.3 is 24.9 Å². The van der Waals surface area contributed by atoms with Crippen molar-refractivity contribution < 1.29 is 28.7 Å². The Kier molecular flexibility index (Phi) is 3.82. The largest absolute Gasteiger partial charge is 0.345 e. The Bertz CT molecular complexity index is 360. The molecule has 0 saturated carbocycles. The van der Waals surface area contributed by atoms with Crippen LogP contribution in [-0.2, 0) is 9.13 Å². The third-order valence-corrected chi connectivity index (χ3v) is 7.41. The van der Waals surface area contributed by atoms with Crippen molar-refractivity contribution in [1.29, 1.82) is 0 Å². The Morgan fingerprint density at radius 3 is 2.00 bits per heavy atom. The second-order valence-corrected chi connectivity index (χ2v) is 8.24. The summed E-state index contributed by atoms with van der Waals surface area (Å²) in [4.78, 5) is 34.3. The average molecular weight is 271 g/mol. The zero-order valence-corrected chi connectivity index (χ0v) is 10.4. The predicted octanol–water partition coefficient (Wildman–Crippen LogP) is -0.0239. The van der Waals surface area contributed by atoms with Gasteiger partial charge in [0.2, 0.25) is 0 Å². The Balaban J connectivity index is 3.21. The lowest BCUT2D eigenvalue weighted by molar-refractivity contribution is 0.285. The minimum absolute atomic E-state index is 0.173. The smallest absolute Gasteiger partial charge is 0.324 e. The van der Waals surface area contributed by atoms with Crippen LogP contribution in [0.15, 0.2) is 12.2 Å². The highest BCUT2D eigenvalue weighted by Gasteiger charge is 2.60. The van der Waals surface area contributed by atoms with Gasteiger partial charge in [-0.25, -0.2) is 0 Å². The first-order valence-corrected chi connectivity index (χ1v) is 7.83. The van der Waals surface area contributed by atoms with Crippen LogP contribution in [0.2, 0.25) is 0 Å². The zero-order valence-electron chi connectivity index (χ0n) is 8.65. The quantitative estimate of drug-likeness (QED) is 0.360. The van der Waals surface area contributed by atoms with Crippen LogP contribution in [0.4, 0.5) is 0 Å². The van der Waals surface area contributed by atoms with Gasteiger partial charge in [-0.3, -0.25) is 9.13 Å². The summed E-state index contributed by atoms with van der Waals surface area (Å²) in [6, 6.07) is -0.945. The van der Waals surface area contributed by atoms with Crippen LogP contribution >= 0.6 is 15.2 Å². The van der Waals surface area contributed by atoms with Crippen LogP contribution in [0, 0.1) is 0 Å². The fourth-order valence-electron chi connectivity index (χ4n) is 1.60. The lowest BCUT2D eigenvalue weighted by Crippen LogP contribution is -2.49. The Hall–Kier alpha value is -0.0000000000000000416. The molecule has 0 aliphatic carbocycles. The molecule has 0 fully saturated rings. The molecule has 1 rings (SSSR count). The molecule has 0 saturated heterocycles. The zero-order chi connectivity index (χ0) is 12.6. The van der Waals surface area contributed by atoms with E-state index in [1.54, 1.807) is 12.2 Å². The molecule has 1 atom stereocenters. The van der Waals surface area contributed by atoms with Gasteiger partial charge in [-0.2, -0.15) is 0 Å². The van der Waals surface area contributed by atoms with E-state index in [-0.39, 0.29) is 6.42 Å². The standard InChI is InChI=1S/C7H15NO6P2/c1-7(15(9,10)11,16(12,13)14)6-4-2-3-5-8-6/h2-3,6,8H,4-5H2,1H3,(H2,9,10,11)(H2,12,13,14). The molecule has 1 aliphatic heterocycles. The average Bonchev–Trinajstić information content (AvgIpc) is 2.14. The minimum atomic E-state index is -4.94. The number of rotatable bonds is 3. The maximum absolute atomic E-state index is 11.3. The van der Waals surface area contributed by atoms with Gasteiger partial charge in [0.15, 0.2) is 4.90 Å². The molecule has 1 aliphatic rings. The molecule has 16 heavy (non-hydrogen) atoms. The summed E-state index contributed by atoms with van der Waals surface area (Å²) >= 11 is 0. The fourth-order valence-corrected chi connectivity index (χ4v) is 4.16. The second kappa shape index (κ2) is 4.35. The van der Waals surface area contributed by atoms with Crippen molar-refractivity contribution in [2.75, 3.05) is 6.54 Å². The molecule has 0 aromatic rings. The predicted molar refractivity (Wildman–Crippen MR) is 58.0 cm³/mol. The van der Waals surface area contributed by atoms with Gasteiger partial charge in [-0.15, -0.1) is 0 Å². The van der Waals surface area contributed by atoms with E-state index in [2.05, 4.69) is 5.32 Å². The molecule has 0 aromatic heterocycles. The molecular formula is C7H15NO6P2. The molecule has 0 spiro atoms. The summed E-state index contributed by atoms with van der Waals surface area (Å²) in [5.41, 5.74) is 0. The lowest BCUT2D eigenvalue weighted by Gasteiger charge is -2.38. The maximum atomic E-state index is 11.3. The lowest BCUT2D eigenvalue weighted by atomic mass is 10.1. The Morgan fingerprint density at radius 2 is 1.69 bits per heavy atom. The van der Waals surface area contributed by atoms with Crippen LogP contribution in [-0.4, -0.2) is 37.1 Å². The summed E-state index contributed by atoms with van der Waals surface area (Å²) in [6.07, 6.45) is 3.55. The van der Waals surface area contributed by atoms with Gasteiger partial charge in [0.1, 0.15) is 0 Å². The number of hydrogen-bond acceptors (Lipinski definition) is 3. The van der Waals surface area contributed by atoms with E-state index < -0.39 is 26.1 Å². The van der Waals surface area contributed by atoms with Gasteiger partial charge in [-0.05, 0) is 13.3 Å². The monoisotopic (exact) mass is 271 g/mol. The normalized spacial score (nSPS) is 23.4. The molecule has 0 bridgehead atoms. The third kappa shape index (κ3) is 2.31. The Morgan fingerprint density at radius 1 is 1.19 bits per heavy atom. The highest BCUT2D eigenvalue weighted by atomic mass is 31.2. The van der Waals surface area contributed by atoms with Gasteiger partial charge >= 0.3 is 15.2 Å². The number of hydrogen-bond donors (Lipinski definition) is 5. The topological polar surface area (TPSA) is 127 Å². The highest BCUT2D eigenvalue weighted by molar-refractivity contribution is 7.72. The molecule has 0 amide bonds. The van der Waals surface area contributed by atoms with Crippen molar-refractivity contribution in [3.63, 3.8) is 0 Å². The van der Waals surface area contributed by atoms with E-state index in [1.165, 1.54) is 0 Å². The summed E-state index contributed by atoms with van der Waals surface area (Å²) in [7, 11) is -9.87. The first kappa shape index (κ1) is 14.1. The highest BCUT2D eigenvalue weighted by Crippen LogP contribution is 2.70. The molecule has 94 valence electrons. The van der Waals surface area contributed by atoms with E-state index in [1.807, 2.05) is 0 Å². The molecule has 9 heteroatoms. The van der Waals surface area contributed by atoms with Crippen molar-refractivity contribution in [3.8, 4) is 0 Å². The molecular weight excluding hydrogens is 256 g/mol. The van der Waals surface area contributed by atoms with Crippen LogP contribution in [0.5, 0.6) is 0 Å². The van der Waals surface area contributed by atoms with Gasteiger partial charge in [-0.1, -0.05) is 12.2 Å². The molecule has 0 aromatic carbocycles. The first-order chi connectivity index (χ1) is 7.11. The number of nitrogens with one attached hydrogen (secondary N) is 1. The Labute approximate surface area is 92.9 Å². The summed E-state index contributed by atoms with van der Waals surface area (Å²) in [5.74, 6) is 0. The fraction of sp³-hybridized carbons (Fsp3) is 0.714. The maximum Gasteiger partial charge on any atom is 0.345 e. The van der Waals surface area contributed by atoms with E-state index in [0.717, 1.165) is 6.92 Å². The van der Waals surface area contributed by atoms with Crippen molar-refractivity contribution in [2.45, 2.75) is 24.3 Å². The first-order valence-electron chi connectivity index (χ1n) is 4.60. The van der Waals surface area contributed by atoms with Crippen LogP contribution < -0.4 is 5.32 Å². The van der Waals surface area contributed by atoms with E-state index in [9.17, 15) is 28.7 Å². The van der Waals surface area contributed by atoms with Crippen molar-refractivity contribution in [2.24, 2.45) is 0 Å². The second-order valence-electron chi connectivity index (χ2n) is 3.85. The summed E-state index contributed by atoms with van der Waals surface area (Å²) < 4.78 is 22.7. The van der Waals surface area contributed by atoms with Crippen molar-refractivity contribution in [3.05, 3.63) is 12.2 Å². The van der Waals surface area contributed by atoms with Crippen LogP contribution in [0.3, 0.4) is 0 Å². The third-order valence-electron chi connectivity index (χ3n) is 2.86. The summed E-state index contributed by atoms with van der Waals surface area (Å²) in [6.45, 7) is 1.26. The van der Waals surface area contributed by atoms with Crippen molar-refractivity contribution >= 4 is 15.2 Å². The summed E-state index contributed by atoms with van der Waals surface area (Å²) in [5, 5.41) is 2.70. The van der Waals surface area contributed by atoms with Crippen LogP contribution in [0.1, 0.15) is 13.3 Å². The van der Waals surface area contributed by atoms with Crippen LogP contribution in [0.25, 0.3) is 0 Å². The van der Waals surface area contributed by atoms with Gasteiger partial charge in [0.05, 0.1) is 0 Å². The van der Waals surface area contributed by atoms with Gasteiger partial charge in [0, 0.05) is 12.6 Å². The molecule has 1 heterocycles. The van der Waals surface area contributed by atoms with Crippen molar-refractivity contribution in [1.82, 2.24) is 5.32 Å². The molecule has 0 radical (unpaired) electrons. The molecule has 5 N–H and O–H groups in total. The molecule has 1 unspecified atom stereocenters.